The van der Waals surface area contributed by atoms with E-state index >= 15 is 0 Å². The molecular weight excluding hydrogens is 335 g/mol. The molecule has 0 spiro atoms. The highest BCUT2D eigenvalue weighted by Gasteiger charge is 2.11. The summed E-state index contributed by atoms with van der Waals surface area (Å²) in [5.74, 6) is 0.468. The predicted molar refractivity (Wildman–Crippen MR) is 108 cm³/mol. The van der Waals surface area contributed by atoms with Crippen molar-refractivity contribution in [1.82, 2.24) is 9.97 Å². The van der Waals surface area contributed by atoms with Crippen LogP contribution in [0.3, 0.4) is 0 Å². The van der Waals surface area contributed by atoms with Crippen LogP contribution in [-0.4, -0.2) is 9.97 Å². The lowest BCUT2D eigenvalue weighted by molar-refractivity contribution is 0.625. The molecule has 0 fully saturated rings. The van der Waals surface area contributed by atoms with E-state index in [1.54, 1.807) is 0 Å². The van der Waals surface area contributed by atoms with E-state index in [1.807, 2.05) is 24.5 Å². The third kappa shape index (κ3) is 5.22. The van der Waals surface area contributed by atoms with Crippen molar-refractivity contribution in [3.8, 4) is 0 Å². The first-order valence-corrected chi connectivity index (χ1v) is 9.69. The molecule has 3 rings (SSSR count). The molecule has 2 nitrogen and oxygen atoms in total. The highest BCUT2D eigenvalue weighted by atomic mass is 19.1. The van der Waals surface area contributed by atoms with Crippen molar-refractivity contribution in [1.29, 1.82) is 0 Å². The van der Waals surface area contributed by atoms with Crippen molar-refractivity contribution in [2.24, 2.45) is 0 Å². The van der Waals surface area contributed by atoms with Gasteiger partial charge in [-0.05, 0) is 66.1 Å². The van der Waals surface area contributed by atoms with Crippen LogP contribution in [0, 0.1) is 5.82 Å². The summed E-state index contributed by atoms with van der Waals surface area (Å²) in [6.07, 6.45) is 6.74. The number of benzene rings is 1. The second-order valence-corrected chi connectivity index (χ2v) is 7.36. The Hall–Kier alpha value is -2.55. The van der Waals surface area contributed by atoms with Crippen LogP contribution in [0.5, 0.6) is 0 Å². The molecule has 1 aromatic carbocycles. The largest absolute Gasteiger partial charge is 0.261 e. The van der Waals surface area contributed by atoms with Gasteiger partial charge in [0, 0.05) is 29.7 Å². The van der Waals surface area contributed by atoms with Crippen LogP contribution in [0.15, 0.2) is 60.9 Å². The highest BCUT2D eigenvalue weighted by Crippen LogP contribution is 2.22. The Morgan fingerprint density at radius 2 is 1.48 bits per heavy atom. The molecule has 2 aromatic heterocycles. The number of hydrogen-bond acceptors (Lipinski definition) is 2. The van der Waals surface area contributed by atoms with Crippen molar-refractivity contribution in [3.63, 3.8) is 0 Å². The van der Waals surface area contributed by atoms with E-state index in [1.165, 1.54) is 23.3 Å². The van der Waals surface area contributed by atoms with Gasteiger partial charge in [-0.2, -0.15) is 0 Å². The number of hydrogen-bond donors (Lipinski definition) is 0. The van der Waals surface area contributed by atoms with E-state index in [4.69, 9.17) is 0 Å². The van der Waals surface area contributed by atoms with Gasteiger partial charge in [0.15, 0.2) is 0 Å². The monoisotopic (exact) mass is 362 g/mol. The van der Waals surface area contributed by atoms with E-state index in [9.17, 15) is 4.39 Å². The van der Waals surface area contributed by atoms with Crippen LogP contribution in [0.1, 0.15) is 60.7 Å². The minimum atomic E-state index is -0.190. The highest BCUT2D eigenvalue weighted by molar-refractivity contribution is 5.25. The summed E-state index contributed by atoms with van der Waals surface area (Å²) >= 11 is 0. The number of aromatic nitrogens is 2. The van der Waals surface area contributed by atoms with Gasteiger partial charge in [-0.15, -0.1) is 0 Å². The quantitative estimate of drug-likeness (QED) is 0.525. The Morgan fingerprint density at radius 3 is 2.07 bits per heavy atom. The molecular formula is C24H27FN2. The first-order chi connectivity index (χ1) is 13.0. The number of pyridine rings is 2. The van der Waals surface area contributed by atoms with Crippen molar-refractivity contribution < 1.29 is 4.39 Å². The first-order valence-electron chi connectivity index (χ1n) is 9.69. The molecule has 2 heterocycles. The fourth-order valence-electron chi connectivity index (χ4n) is 3.31. The zero-order chi connectivity index (χ0) is 19.2. The lowest BCUT2D eigenvalue weighted by Gasteiger charge is -2.14. The minimum Gasteiger partial charge on any atom is -0.261 e. The molecule has 0 saturated heterocycles. The zero-order valence-electron chi connectivity index (χ0n) is 16.3. The fraction of sp³-hybridized carbons (Fsp3) is 0.333. The van der Waals surface area contributed by atoms with Crippen molar-refractivity contribution in [3.05, 3.63) is 94.8 Å². The van der Waals surface area contributed by atoms with E-state index < -0.39 is 0 Å². The molecule has 140 valence electrons. The van der Waals surface area contributed by atoms with Gasteiger partial charge < -0.3 is 0 Å². The smallest absolute Gasteiger partial charge is 0.123 e. The summed E-state index contributed by atoms with van der Waals surface area (Å²) < 4.78 is 13.1. The molecule has 27 heavy (non-hydrogen) atoms. The average molecular weight is 362 g/mol. The van der Waals surface area contributed by atoms with Crippen molar-refractivity contribution in [2.75, 3.05) is 0 Å². The zero-order valence-corrected chi connectivity index (χ0v) is 16.3. The van der Waals surface area contributed by atoms with Gasteiger partial charge >= 0.3 is 0 Å². The van der Waals surface area contributed by atoms with Gasteiger partial charge in [0.2, 0.25) is 0 Å². The second-order valence-electron chi connectivity index (χ2n) is 7.36. The van der Waals surface area contributed by atoms with Gasteiger partial charge in [0.25, 0.3) is 0 Å². The van der Waals surface area contributed by atoms with Crippen LogP contribution in [0.2, 0.25) is 0 Å². The molecule has 2 atom stereocenters. The second kappa shape index (κ2) is 8.90. The maximum atomic E-state index is 13.1. The fourth-order valence-corrected chi connectivity index (χ4v) is 3.31. The Balaban J connectivity index is 1.60. The summed E-state index contributed by atoms with van der Waals surface area (Å²) in [4.78, 5) is 9.24. The molecule has 3 heteroatoms. The third-order valence-electron chi connectivity index (χ3n) is 5.14. The maximum absolute atomic E-state index is 13.1. The van der Waals surface area contributed by atoms with Gasteiger partial charge in [0.1, 0.15) is 5.82 Å². The summed E-state index contributed by atoms with van der Waals surface area (Å²) in [6, 6.07) is 15.3. The SMILES string of the molecule is CCc1ccc(CC(C)c2ccc(C[C@H](C)c3ccc(F)cc3)cn2)nc1. The lowest BCUT2D eigenvalue weighted by Crippen LogP contribution is -2.04. The predicted octanol–water partition coefficient (Wildman–Crippen LogP) is 5.87. The summed E-state index contributed by atoms with van der Waals surface area (Å²) in [6.45, 7) is 6.50. The van der Waals surface area contributed by atoms with Gasteiger partial charge in [-0.1, -0.05) is 45.0 Å². The molecule has 0 aliphatic heterocycles. The molecule has 3 aromatic rings. The molecule has 0 aliphatic carbocycles. The van der Waals surface area contributed by atoms with E-state index in [2.05, 4.69) is 55.0 Å². The Morgan fingerprint density at radius 1 is 0.778 bits per heavy atom. The first kappa shape index (κ1) is 19.2. The molecule has 0 N–H and O–H groups in total. The molecule has 0 saturated carbocycles. The van der Waals surface area contributed by atoms with Crippen LogP contribution in [0.25, 0.3) is 0 Å². The number of halogens is 1. The molecule has 0 radical (unpaired) electrons. The van der Waals surface area contributed by atoms with Gasteiger partial charge in [-0.25, -0.2) is 4.39 Å². The van der Waals surface area contributed by atoms with Crippen LogP contribution in [0.4, 0.5) is 4.39 Å². The van der Waals surface area contributed by atoms with Crippen LogP contribution in [-0.2, 0) is 19.3 Å². The summed E-state index contributed by atoms with van der Waals surface area (Å²) in [5, 5.41) is 0. The Bertz CT molecular complexity index is 839. The average Bonchev–Trinajstić information content (AvgIpc) is 2.69. The van der Waals surface area contributed by atoms with Gasteiger partial charge in [0.05, 0.1) is 0 Å². The van der Waals surface area contributed by atoms with Crippen molar-refractivity contribution in [2.45, 2.75) is 51.9 Å². The van der Waals surface area contributed by atoms with E-state index in [0.717, 1.165) is 36.2 Å². The molecule has 0 bridgehead atoms. The Kier molecular flexibility index (Phi) is 6.33. The molecule has 1 unspecified atom stereocenters. The van der Waals surface area contributed by atoms with Crippen LogP contribution >= 0.6 is 0 Å². The standard InChI is InChI=1S/C24H27FN2/c1-4-19-5-11-23(26-15-19)14-18(3)24-12-6-20(16-27-24)13-17(2)21-7-9-22(25)10-8-21/h5-12,15-18H,4,13-14H2,1-3H3/t17-,18?/m0/s1. The molecule has 0 aliphatic rings. The summed E-state index contributed by atoms with van der Waals surface area (Å²) in [5.41, 5.74) is 5.82. The normalized spacial score (nSPS) is 13.3. The van der Waals surface area contributed by atoms with Gasteiger partial charge in [-0.3, -0.25) is 9.97 Å². The van der Waals surface area contributed by atoms with E-state index in [-0.39, 0.29) is 5.82 Å². The van der Waals surface area contributed by atoms with Crippen LogP contribution < -0.4 is 0 Å². The molecule has 0 amide bonds. The number of nitrogens with zero attached hydrogens (tertiary/aromatic N) is 2. The maximum Gasteiger partial charge on any atom is 0.123 e. The third-order valence-corrected chi connectivity index (χ3v) is 5.14. The summed E-state index contributed by atoms with van der Waals surface area (Å²) in [7, 11) is 0. The topological polar surface area (TPSA) is 25.8 Å². The number of rotatable bonds is 7. The van der Waals surface area contributed by atoms with Crippen molar-refractivity contribution >= 4 is 0 Å². The Labute approximate surface area is 161 Å². The minimum absolute atomic E-state index is 0.190. The van der Waals surface area contributed by atoms with E-state index in [0.29, 0.717) is 11.8 Å². The number of aryl methyl sites for hydroxylation is 1. The lowest BCUT2D eigenvalue weighted by atomic mass is 9.93.